The lowest BCUT2D eigenvalue weighted by molar-refractivity contribution is 0.0227. The van der Waals surface area contributed by atoms with Crippen LogP contribution in [0.5, 0.6) is 0 Å². The monoisotopic (exact) mass is 228 g/mol. The van der Waals surface area contributed by atoms with E-state index >= 15 is 0 Å². The van der Waals surface area contributed by atoms with E-state index in [2.05, 4.69) is 0 Å². The maximum Gasteiger partial charge on any atom is 0.0802 e. The summed E-state index contributed by atoms with van der Waals surface area (Å²) in [5, 5.41) is 19.4. The van der Waals surface area contributed by atoms with Gasteiger partial charge in [-0.25, -0.2) is 0 Å². The van der Waals surface area contributed by atoms with Gasteiger partial charge in [0.05, 0.1) is 12.2 Å². The van der Waals surface area contributed by atoms with Crippen molar-refractivity contribution >= 4 is 11.6 Å². The molecular weight excluding hydrogens is 212 g/mol. The first-order valence-corrected chi connectivity index (χ1v) is 5.50. The molecule has 2 nitrogen and oxygen atoms in total. The predicted molar refractivity (Wildman–Crippen MR) is 62.2 cm³/mol. The van der Waals surface area contributed by atoms with Crippen LogP contribution in [0.1, 0.15) is 31.7 Å². The van der Waals surface area contributed by atoms with Crippen molar-refractivity contribution < 1.29 is 10.2 Å². The number of aliphatic hydroxyl groups is 2. The van der Waals surface area contributed by atoms with Crippen molar-refractivity contribution in [1.29, 1.82) is 0 Å². The minimum atomic E-state index is -0.688. The van der Waals surface area contributed by atoms with Crippen LogP contribution < -0.4 is 0 Å². The number of rotatable bonds is 4. The van der Waals surface area contributed by atoms with Crippen LogP contribution in [0.2, 0.25) is 5.02 Å². The predicted octanol–water partition coefficient (Wildman–Crippen LogP) is 2.58. The molecule has 0 spiro atoms. The summed E-state index contributed by atoms with van der Waals surface area (Å²) in [4.78, 5) is 0. The van der Waals surface area contributed by atoms with Crippen molar-refractivity contribution in [1.82, 2.24) is 0 Å². The molecule has 3 heteroatoms. The van der Waals surface area contributed by atoms with E-state index in [-0.39, 0.29) is 5.92 Å². The summed E-state index contributed by atoms with van der Waals surface area (Å²) < 4.78 is 0. The molecule has 0 bridgehead atoms. The zero-order valence-electron chi connectivity index (χ0n) is 9.02. The van der Waals surface area contributed by atoms with Gasteiger partial charge in [-0.3, -0.25) is 0 Å². The fourth-order valence-electron chi connectivity index (χ4n) is 1.51. The number of aliphatic hydroxyl groups excluding tert-OH is 2. The Morgan fingerprint density at radius 2 is 1.93 bits per heavy atom. The minimum absolute atomic E-state index is 0.188. The Labute approximate surface area is 95.5 Å². The summed E-state index contributed by atoms with van der Waals surface area (Å²) in [6.07, 6.45) is -0.830. The van der Waals surface area contributed by atoms with Crippen molar-refractivity contribution in [2.45, 2.75) is 38.4 Å². The van der Waals surface area contributed by atoms with Gasteiger partial charge in [-0.1, -0.05) is 30.7 Å². The first-order chi connectivity index (χ1) is 7.00. The highest BCUT2D eigenvalue weighted by atomic mass is 35.5. The zero-order chi connectivity index (χ0) is 11.4. The topological polar surface area (TPSA) is 40.5 Å². The van der Waals surface area contributed by atoms with Gasteiger partial charge in [0.15, 0.2) is 0 Å². The molecule has 0 saturated carbocycles. The van der Waals surface area contributed by atoms with E-state index in [1.807, 2.05) is 31.2 Å². The molecule has 0 aliphatic rings. The van der Waals surface area contributed by atoms with Crippen LogP contribution in [0.25, 0.3) is 0 Å². The molecule has 0 fully saturated rings. The number of hydrogen-bond donors (Lipinski definition) is 2. The van der Waals surface area contributed by atoms with E-state index in [1.165, 1.54) is 0 Å². The molecule has 0 heterocycles. The van der Waals surface area contributed by atoms with Crippen molar-refractivity contribution in [3.8, 4) is 0 Å². The molecule has 0 saturated heterocycles. The van der Waals surface area contributed by atoms with E-state index in [4.69, 9.17) is 11.6 Å². The molecule has 0 aromatic heterocycles. The second kappa shape index (κ2) is 5.50. The fourth-order valence-corrected chi connectivity index (χ4v) is 1.71. The standard InChI is InChI=1S/C12H17ClO2/c1-8(6-12(15)9(2)14)10-4-3-5-11(13)7-10/h3-5,7-9,12,14-15H,6H2,1-2H3. The lowest BCUT2D eigenvalue weighted by atomic mass is 9.93. The van der Waals surface area contributed by atoms with E-state index < -0.39 is 12.2 Å². The van der Waals surface area contributed by atoms with Crippen LogP contribution >= 0.6 is 11.6 Å². The molecule has 0 aliphatic heterocycles. The molecule has 3 atom stereocenters. The van der Waals surface area contributed by atoms with E-state index in [9.17, 15) is 10.2 Å². The molecule has 1 aromatic rings. The van der Waals surface area contributed by atoms with Gasteiger partial charge in [0.2, 0.25) is 0 Å². The first-order valence-electron chi connectivity index (χ1n) is 5.12. The molecule has 2 N–H and O–H groups in total. The van der Waals surface area contributed by atoms with Gasteiger partial charge in [0.25, 0.3) is 0 Å². The molecule has 0 amide bonds. The third-order valence-corrected chi connectivity index (χ3v) is 2.80. The molecule has 84 valence electrons. The highest BCUT2D eigenvalue weighted by molar-refractivity contribution is 6.30. The van der Waals surface area contributed by atoms with Crippen molar-refractivity contribution in [3.05, 3.63) is 34.9 Å². The highest BCUT2D eigenvalue weighted by Gasteiger charge is 2.16. The van der Waals surface area contributed by atoms with Crippen LogP contribution in [0.15, 0.2) is 24.3 Å². The lowest BCUT2D eigenvalue weighted by Crippen LogP contribution is -2.24. The number of hydrogen-bond acceptors (Lipinski definition) is 2. The van der Waals surface area contributed by atoms with Crippen LogP contribution in [-0.4, -0.2) is 22.4 Å². The second-order valence-electron chi connectivity index (χ2n) is 4.00. The lowest BCUT2D eigenvalue weighted by Gasteiger charge is -2.18. The Balaban J connectivity index is 2.64. The summed E-state index contributed by atoms with van der Waals surface area (Å²) in [7, 11) is 0. The van der Waals surface area contributed by atoms with Crippen molar-refractivity contribution in [3.63, 3.8) is 0 Å². The largest absolute Gasteiger partial charge is 0.391 e. The summed E-state index contributed by atoms with van der Waals surface area (Å²) >= 11 is 5.88. The smallest absolute Gasteiger partial charge is 0.0802 e. The Morgan fingerprint density at radius 1 is 1.27 bits per heavy atom. The van der Waals surface area contributed by atoms with Crippen molar-refractivity contribution in [2.75, 3.05) is 0 Å². The number of halogens is 1. The van der Waals surface area contributed by atoms with Gasteiger partial charge in [-0.05, 0) is 37.0 Å². The normalized spacial score (nSPS) is 17.1. The van der Waals surface area contributed by atoms with Gasteiger partial charge in [-0.15, -0.1) is 0 Å². The van der Waals surface area contributed by atoms with Gasteiger partial charge >= 0.3 is 0 Å². The average molecular weight is 229 g/mol. The molecule has 15 heavy (non-hydrogen) atoms. The Bertz CT molecular complexity index is 312. The third kappa shape index (κ3) is 3.82. The van der Waals surface area contributed by atoms with Crippen LogP contribution in [0.3, 0.4) is 0 Å². The Hall–Kier alpha value is -0.570. The maximum absolute atomic E-state index is 9.54. The zero-order valence-corrected chi connectivity index (χ0v) is 9.78. The minimum Gasteiger partial charge on any atom is -0.391 e. The van der Waals surface area contributed by atoms with Crippen LogP contribution in [0.4, 0.5) is 0 Å². The number of benzene rings is 1. The van der Waals surface area contributed by atoms with E-state index in [0.29, 0.717) is 11.4 Å². The fraction of sp³-hybridized carbons (Fsp3) is 0.500. The van der Waals surface area contributed by atoms with Crippen LogP contribution in [-0.2, 0) is 0 Å². The summed E-state index contributed by atoms with van der Waals surface area (Å²) in [6.45, 7) is 3.60. The van der Waals surface area contributed by atoms with Gasteiger partial charge < -0.3 is 10.2 Å². The average Bonchev–Trinajstić information content (AvgIpc) is 2.17. The molecule has 1 aromatic carbocycles. The van der Waals surface area contributed by atoms with Crippen LogP contribution in [0, 0.1) is 0 Å². The molecule has 3 unspecified atom stereocenters. The second-order valence-corrected chi connectivity index (χ2v) is 4.44. The first kappa shape index (κ1) is 12.5. The summed E-state index contributed by atoms with van der Waals surface area (Å²) in [5.74, 6) is 0.188. The maximum atomic E-state index is 9.54. The Kier molecular flexibility index (Phi) is 4.58. The van der Waals surface area contributed by atoms with E-state index in [0.717, 1.165) is 5.56 Å². The summed E-state index contributed by atoms with van der Waals surface area (Å²) in [6, 6.07) is 7.58. The van der Waals surface area contributed by atoms with Crippen molar-refractivity contribution in [2.24, 2.45) is 0 Å². The summed E-state index contributed by atoms with van der Waals surface area (Å²) in [5.41, 5.74) is 1.09. The molecular formula is C12H17ClO2. The quantitative estimate of drug-likeness (QED) is 0.832. The van der Waals surface area contributed by atoms with Gasteiger partial charge in [0, 0.05) is 5.02 Å². The molecule has 0 radical (unpaired) electrons. The van der Waals surface area contributed by atoms with Gasteiger partial charge in [-0.2, -0.15) is 0 Å². The van der Waals surface area contributed by atoms with E-state index in [1.54, 1.807) is 6.92 Å². The highest BCUT2D eigenvalue weighted by Crippen LogP contribution is 2.24. The third-order valence-electron chi connectivity index (χ3n) is 2.57. The Morgan fingerprint density at radius 3 is 2.47 bits per heavy atom. The molecule has 1 rings (SSSR count). The van der Waals surface area contributed by atoms with Gasteiger partial charge in [0.1, 0.15) is 0 Å². The molecule has 0 aliphatic carbocycles. The SMILES string of the molecule is CC(CC(O)C(C)O)c1cccc(Cl)c1.